The normalized spacial score (nSPS) is 22.4. The SMILES string of the molecule is CCNC(=O)Nc1ccc(N2C[C@@H](C)O[C@H](C)C2)nc1. The van der Waals surface area contributed by atoms with E-state index >= 15 is 0 Å². The number of hydrogen-bond donors (Lipinski definition) is 2. The molecule has 0 aliphatic carbocycles. The van der Waals surface area contributed by atoms with Crippen molar-refractivity contribution in [1.29, 1.82) is 0 Å². The van der Waals surface area contributed by atoms with Gasteiger partial charge in [0.1, 0.15) is 5.82 Å². The molecule has 1 aliphatic rings. The maximum absolute atomic E-state index is 11.4. The summed E-state index contributed by atoms with van der Waals surface area (Å²) in [5.41, 5.74) is 0.689. The Morgan fingerprint density at radius 1 is 1.40 bits per heavy atom. The fourth-order valence-corrected chi connectivity index (χ4v) is 2.35. The lowest BCUT2D eigenvalue weighted by Gasteiger charge is -2.36. The summed E-state index contributed by atoms with van der Waals surface area (Å²) >= 11 is 0. The third kappa shape index (κ3) is 3.84. The van der Waals surface area contributed by atoms with Crippen LogP contribution in [0.3, 0.4) is 0 Å². The average molecular weight is 278 g/mol. The standard InChI is InChI=1S/C14H22N4O2/c1-4-15-14(19)17-12-5-6-13(16-7-12)18-8-10(2)20-11(3)9-18/h5-7,10-11H,4,8-9H2,1-3H3,(H2,15,17,19)/t10-,11-/m1/s1. The number of nitrogens with one attached hydrogen (secondary N) is 2. The third-order valence-electron chi connectivity index (χ3n) is 3.09. The van der Waals surface area contributed by atoms with Gasteiger partial charge in [-0.2, -0.15) is 0 Å². The lowest BCUT2D eigenvalue weighted by atomic mass is 10.2. The van der Waals surface area contributed by atoms with Crippen molar-refractivity contribution < 1.29 is 9.53 Å². The Morgan fingerprint density at radius 2 is 2.10 bits per heavy atom. The van der Waals surface area contributed by atoms with Crippen LogP contribution in [0, 0.1) is 0 Å². The molecular formula is C14H22N4O2. The summed E-state index contributed by atoms with van der Waals surface area (Å²) in [6, 6.07) is 3.57. The number of urea groups is 1. The van der Waals surface area contributed by atoms with Crippen LogP contribution >= 0.6 is 0 Å². The van der Waals surface area contributed by atoms with Gasteiger partial charge < -0.3 is 20.3 Å². The number of amides is 2. The van der Waals surface area contributed by atoms with Gasteiger partial charge in [-0.3, -0.25) is 0 Å². The molecule has 20 heavy (non-hydrogen) atoms. The van der Waals surface area contributed by atoms with E-state index in [0.29, 0.717) is 12.2 Å². The molecule has 1 aromatic heterocycles. The van der Waals surface area contributed by atoms with E-state index in [4.69, 9.17) is 4.74 Å². The monoisotopic (exact) mass is 278 g/mol. The van der Waals surface area contributed by atoms with Crippen LogP contribution in [0.15, 0.2) is 18.3 Å². The van der Waals surface area contributed by atoms with Crippen LogP contribution in [0.4, 0.5) is 16.3 Å². The van der Waals surface area contributed by atoms with Crippen molar-refractivity contribution in [2.75, 3.05) is 29.9 Å². The average Bonchev–Trinajstić information content (AvgIpc) is 2.38. The molecule has 1 saturated heterocycles. The summed E-state index contributed by atoms with van der Waals surface area (Å²) in [5, 5.41) is 5.41. The van der Waals surface area contributed by atoms with E-state index in [1.165, 1.54) is 0 Å². The highest BCUT2D eigenvalue weighted by atomic mass is 16.5. The van der Waals surface area contributed by atoms with Gasteiger partial charge in [0.2, 0.25) is 0 Å². The molecule has 1 aromatic rings. The van der Waals surface area contributed by atoms with Crippen LogP contribution in [0.2, 0.25) is 0 Å². The molecule has 2 N–H and O–H groups in total. The lowest BCUT2D eigenvalue weighted by Crippen LogP contribution is -2.45. The zero-order chi connectivity index (χ0) is 14.5. The quantitative estimate of drug-likeness (QED) is 0.885. The van der Waals surface area contributed by atoms with Crippen molar-refractivity contribution in [1.82, 2.24) is 10.3 Å². The third-order valence-corrected chi connectivity index (χ3v) is 3.09. The predicted octanol–water partition coefficient (Wildman–Crippen LogP) is 1.84. The van der Waals surface area contributed by atoms with Crippen molar-refractivity contribution in [2.45, 2.75) is 33.0 Å². The van der Waals surface area contributed by atoms with Gasteiger partial charge in [0.25, 0.3) is 0 Å². The van der Waals surface area contributed by atoms with E-state index < -0.39 is 0 Å². The fraction of sp³-hybridized carbons (Fsp3) is 0.571. The summed E-state index contributed by atoms with van der Waals surface area (Å²) in [6.45, 7) is 8.27. The van der Waals surface area contributed by atoms with Gasteiger partial charge in [0.15, 0.2) is 0 Å². The van der Waals surface area contributed by atoms with Crippen molar-refractivity contribution >= 4 is 17.5 Å². The number of ether oxygens (including phenoxy) is 1. The van der Waals surface area contributed by atoms with Crippen molar-refractivity contribution in [3.8, 4) is 0 Å². The van der Waals surface area contributed by atoms with E-state index in [-0.39, 0.29) is 18.2 Å². The van der Waals surface area contributed by atoms with E-state index in [0.717, 1.165) is 18.9 Å². The molecule has 1 fully saturated rings. The van der Waals surface area contributed by atoms with Crippen LogP contribution in [0.5, 0.6) is 0 Å². The van der Waals surface area contributed by atoms with Crippen molar-refractivity contribution in [2.24, 2.45) is 0 Å². The van der Waals surface area contributed by atoms with Crippen LogP contribution in [0.25, 0.3) is 0 Å². The van der Waals surface area contributed by atoms with E-state index in [2.05, 4.69) is 34.4 Å². The molecule has 6 heteroatoms. The molecule has 6 nitrogen and oxygen atoms in total. The smallest absolute Gasteiger partial charge is 0.319 e. The number of hydrogen-bond acceptors (Lipinski definition) is 4. The van der Waals surface area contributed by atoms with Crippen molar-refractivity contribution in [3.05, 3.63) is 18.3 Å². The minimum atomic E-state index is -0.212. The second-order valence-electron chi connectivity index (χ2n) is 5.05. The maximum Gasteiger partial charge on any atom is 0.319 e. The Hall–Kier alpha value is -1.82. The van der Waals surface area contributed by atoms with Crippen LogP contribution < -0.4 is 15.5 Å². The number of nitrogens with zero attached hydrogens (tertiary/aromatic N) is 2. The summed E-state index contributed by atoms with van der Waals surface area (Å²) in [7, 11) is 0. The van der Waals surface area contributed by atoms with Crippen LogP contribution in [-0.4, -0.2) is 42.9 Å². The van der Waals surface area contributed by atoms with Gasteiger partial charge in [-0.05, 0) is 32.9 Å². The molecule has 0 radical (unpaired) electrons. The Bertz CT molecular complexity index is 439. The minimum Gasteiger partial charge on any atom is -0.372 e. The Morgan fingerprint density at radius 3 is 2.65 bits per heavy atom. The minimum absolute atomic E-state index is 0.202. The van der Waals surface area contributed by atoms with Gasteiger partial charge in [-0.25, -0.2) is 9.78 Å². The number of morpholine rings is 1. The molecule has 0 unspecified atom stereocenters. The molecule has 1 aliphatic heterocycles. The number of aromatic nitrogens is 1. The predicted molar refractivity (Wildman–Crippen MR) is 79.2 cm³/mol. The first-order valence-electron chi connectivity index (χ1n) is 6.99. The molecule has 0 saturated carbocycles. The van der Waals surface area contributed by atoms with E-state index in [9.17, 15) is 4.79 Å². The first-order chi connectivity index (χ1) is 9.58. The van der Waals surface area contributed by atoms with Gasteiger partial charge >= 0.3 is 6.03 Å². The summed E-state index contributed by atoms with van der Waals surface area (Å²) in [4.78, 5) is 18.0. The number of pyridine rings is 1. The zero-order valence-corrected chi connectivity index (χ0v) is 12.2. The van der Waals surface area contributed by atoms with E-state index in [1.807, 2.05) is 19.1 Å². The Balaban J connectivity index is 1.99. The van der Waals surface area contributed by atoms with Gasteiger partial charge in [0, 0.05) is 19.6 Å². The van der Waals surface area contributed by atoms with Gasteiger partial charge in [0.05, 0.1) is 24.1 Å². The number of carbonyl (C=O) groups excluding carboxylic acids is 1. The summed E-state index contributed by atoms with van der Waals surface area (Å²) < 4.78 is 5.71. The largest absolute Gasteiger partial charge is 0.372 e. The molecule has 0 bridgehead atoms. The highest BCUT2D eigenvalue weighted by molar-refractivity contribution is 5.89. The zero-order valence-electron chi connectivity index (χ0n) is 12.2. The fourth-order valence-electron chi connectivity index (χ4n) is 2.35. The first-order valence-corrected chi connectivity index (χ1v) is 6.99. The topological polar surface area (TPSA) is 66.5 Å². The highest BCUT2D eigenvalue weighted by Crippen LogP contribution is 2.19. The van der Waals surface area contributed by atoms with E-state index in [1.54, 1.807) is 6.20 Å². The first kappa shape index (κ1) is 14.6. The number of carbonyl (C=O) groups is 1. The molecule has 0 spiro atoms. The molecule has 2 atom stereocenters. The molecule has 110 valence electrons. The summed E-state index contributed by atoms with van der Waals surface area (Å²) in [6.07, 6.45) is 2.08. The second kappa shape index (κ2) is 6.56. The molecular weight excluding hydrogens is 256 g/mol. The molecule has 2 amide bonds. The van der Waals surface area contributed by atoms with Crippen LogP contribution in [0.1, 0.15) is 20.8 Å². The Labute approximate surface area is 119 Å². The molecule has 0 aromatic carbocycles. The highest BCUT2D eigenvalue weighted by Gasteiger charge is 2.22. The number of rotatable bonds is 3. The summed E-state index contributed by atoms with van der Waals surface area (Å²) in [5.74, 6) is 0.911. The number of anilines is 2. The molecule has 2 rings (SSSR count). The van der Waals surface area contributed by atoms with Crippen LogP contribution in [-0.2, 0) is 4.74 Å². The maximum atomic E-state index is 11.4. The van der Waals surface area contributed by atoms with Gasteiger partial charge in [-0.1, -0.05) is 0 Å². The lowest BCUT2D eigenvalue weighted by molar-refractivity contribution is -0.00545. The molecule has 2 heterocycles. The van der Waals surface area contributed by atoms with Crippen molar-refractivity contribution in [3.63, 3.8) is 0 Å². The Kier molecular flexibility index (Phi) is 4.79. The van der Waals surface area contributed by atoms with Gasteiger partial charge in [-0.15, -0.1) is 0 Å². The second-order valence-corrected chi connectivity index (χ2v) is 5.05.